The van der Waals surface area contributed by atoms with Crippen LogP contribution in [0.5, 0.6) is 0 Å². The summed E-state index contributed by atoms with van der Waals surface area (Å²) in [4.78, 5) is 0. The lowest BCUT2D eigenvalue weighted by Gasteiger charge is -2.22. The van der Waals surface area contributed by atoms with Crippen molar-refractivity contribution < 1.29 is 43.0 Å². The van der Waals surface area contributed by atoms with E-state index in [0.717, 1.165) is 11.0 Å². The van der Waals surface area contributed by atoms with Crippen LogP contribution in [0.25, 0.3) is 12.2 Å². The summed E-state index contributed by atoms with van der Waals surface area (Å²) in [7, 11) is 6.71. The topological polar surface area (TPSA) is 3.88 Å². The number of pyridine rings is 1. The lowest BCUT2D eigenvalue weighted by Crippen LogP contribution is -3.00. The van der Waals surface area contributed by atoms with Crippen LogP contribution in [-0.4, -0.2) is 32.2 Å². The second-order valence-corrected chi connectivity index (χ2v) is 6.48. The molecule has 0 radical (unpaired) electrons. The number of quaternary nitrogens is 1. The summed E-state index contributed by atoms with van der Waals surface area (Å²) in [5.41, 5.74) is 2.47. The van der Waals surface area contributed by atoms with Gasteiger partial charge in [-0.2, -0.15) is 0 Å². The third-order valence-electron chi connectivity index (χ3n) is 3.43. The van der Waals surface area contributed by atoms with Crippen molar-refractivity contribution in [1.82, 2.24) is 0 Å². The first-order valence-electron chi connectivity index (χ1n) is 7.56. The van der Waals surface area contributed by atoms with Gasteiger partial charge in [0.1, 0.15) is 0 Å². The molecule has 0 amide bonds. The van der Waals surface area contributed by atoms with Gasteiger partial charge in [0, 0.05) is 12.1 Å². The molecule has 0 spiro atoms. The molecule has 0 bridgehead atoms. The Labute approximate surface area is 161 Å². The lowest BCUT2D eigenvalue weighted by atomic mass is 10.1. The smallest absolute Gasteiger partial charge is 0.169 e. The average molecular weight is 442 g/mol. The van der Waals surface area contributed by atoms with Crippen LogP contribution in [0.3, 0.4) is 0 Å². The Morgan fingerprint density at radius 2 is 1.35 bits per heavy atom. The second-order valence-electron chi connectivity index (χ2n) is 6.48. The molecule has 1 aromatic heterocycles. The van der Waals surface area contributed by atoms with E-state index in [0.29, 0.717) is 0 Å². The van der Waals surface area contributed by atoms with Crippen molar-refractivity contribution in [3.63, 3.8) is 0 Å². The van der Waals surface area contributed by atoms with Crippen LogP contribution in [-0.2, 0) is 6.54 Å². The highest BCUT2D eigenvalue weighted by atomic mass is 79.9. The highest BCUT2D eigenvalue weighted by Gasteiger charge is 2.08. The molecule has 2 rings (SSSR count). The fraction of sp³-hybridized carbons (Fsp3) is 0.316. The molecule has 1 aromatic carbocycles. The summed E-state index contributed by atoms with van der Waals surface area (Å²) in [5.74, 6) is 0. The molecule has 0 N–H and O–H groups in total. The molecule has 126 valence electrons. The van der Waals surface area contributed by atoms with Crippen LogP contribution in [0, 0.1) is 0 Å². The van der Waals surface area contributed by atoms with Crippen molar-refractivity contribution in [3.8, 4) is 0 Å². The number of halogens is 2. The number of benzene rings is 1. The van der Waals surface area contributed by atoms with Gasteiger partial charge in [-0.15, -0.1) is 0 Å². The Balaban J connectivity index is 0.00000242. The molecule has 0 atom stereocenters. The Hall–Kier alpha value is -0.970. The average Bonchev–Trinajstić information content (AvgIpc) is 2.46. The van der Waals surface area contributed by atoms with Gasteiger partial charge in [0.05, 0.1) is 34.1 Å². The van der Waals surface area contributed by atoms with Gasteiger partial charge >= 0.3 is 0 Å². The van der Waals surface area contributed by atoms with Crippen molar-refractivity contribution in [2.45, 2.75) is 13.0 Å². The van der Waals surface area contributed by atoms with Gasteiger partial charge in [-0.25, -0.2) is 4.57 Å². The minimum absolute atomic E-state index is 0. The first-order valence-corrected chi connectivity index (χ1v) is 7.56. The van der Waals surface area contributed by atoms with Gasteiger partial charge < -0.3 is 38.4 Å². The maximum Gasteiger partial charge on any atom is 0.169 e. The molecule has 2 nitrogen and oxygen atoms in total. The molecule has 4 heteroatoms. The van der Waals surface area contributed by atoms with Gasteiger partial charge in [0.15, 0.2) is 18.9 Å². The number of hydrogen-bond donors (Lipinski definition) is 0. The van der Waals surface area contributed by atoms with E-state index in [1.54, 1.807) is 0 Å². The number of nitrogens with zero attached hydrogens (tertiary/aromatic N) is 2. The summed E-state index contributed by atoms with van der Waals surface area (Å²) in [5, 5.41) is 0. The molecule has 0 unspecified atom stereocenters. The van der Waals surface area contributed by atoms with Crippen molar-refractivity contribution in [1.29, 1.82) is 0 Å². The Morgan fingerprint density at radius 3 is 1.87 bits per heavy atom. The first kappa shape index (κ1) is 22.0. The summed E-state index contributed by atoms with van der Waals surface area (Å²) in [6, 6.07) is 14.7. The van der Waals surface area contributed by atoms with E-state index < -0.39 is 0 Å². The van der Waals surface area contributed by atoms with Crippen LogP contribution in [0.2, 0.25) is 0 Å². The van der Waals surface area contributed by atoms with Crippen LogP contribution < -0.4 is 38.5 Å². The predicted octanol–water partition coefficient (Wildman–Crippen LogP) is -2.75. The molecule has 0 aliphatic rings. The van der Waals surface area contributed by atoms with E-state index in [-0.39, 0.29) is 34.0 Å². The van der Waals surface area contributed by atoms with E-state index in [9.17, 15) is 0 Å². The quantitative estimate of drug-likeness (QED) is 0.338. The van der Waals surface area contributed by atoms with Crippen molar-refractivity contribution in [3.05, 3.63) is 66.0 Å². The van der Waals surface area contributed by atoms with E-state index in [4.69, 9.17) is 0 Å². The molecule has 2 aromatic rings. The number of hydrogen-bond acceptors (Lipinski definition) is 0. The predicted molar refractivity (Wildman–Crippen MR) is 89.5 cm³/mol. The molecular weight excluding hydrogens is 416 g/mol. The lowest BCUT2D eigenvalue weighted by molar-refractivity contribution is -0.873. The van der Waals surface area contributed by atoms with Crippen molar-refractivity contribution in [2.75, 3.05) is 27.7 Å². The highest BCUT2D eigenvalue weighted by molar-refractivity contribution is 5.68. The van der Waals surface area contributed by atoms with E-state index in [1.165, 1.54) is 24.1 Å². The Kier molecular flexibility index (Phi) is 10.3. The van der Waals surface area contributed by atoms with Gasteiger partial charge in [-0.05, 0) is 11.1 Å². The summed E-state index contributed by atoms with van der Waals surface area (Å²) >= 11 is 0. The molecule has 1 heterocycles. The van der Waals surface area contributed by atoms with E-state index in [1.807, 2.05) is 6.07 Å². The molecule has 0 saturated carbocycles. The molecule has 0 fully saturated rings. The summed E-state index contributed by atoms with van der Waals surface area (Å²) in [6.45, 7) is 2.28. The zero-order valence-corrected chi connectivity index (χ0v) is 17.3. The minimum Gasteiger partial charge on any atom is -1.00 e. The van der Waals surface area contributed by atoms with Gasteiger partial charge in [0.25, 0.3) is 0 Å². The zero-order valence-electron chi connectivity index (χ0n) is 14.1. The van der Waals surface area contributed by atoms with Gasteiger partial charge in [0.2, 0.25) is 0 Å². The van der Waals surface area contributed by atoms with Crippen molar-refractivity contribution >= 4 is 12.2 Å². The molecule has 0 aliphatic heterocycles. The fourth-order valence-corrected chi connectivity index (χ4v) is 2.21. The van der Waals surface area contributed by atoms with Crippen LogP contribution in [0.4, 0.5) is 0 Å². The Bertz CT molecular complexity index is 573. The maximum atomic E-state index is 2.26. The largest absolute Gasteiger partial charge is 1.00 e. The fourth-order valence-electron chi connectivity index (χ4n) is 2.21. The minimum atomic E-state index is 0. The molecular formula is C19H26Br2N2. The summed E-state index contributed by atoms with van der Waals surface area (Å²) in [6.07, 6.45) is 9.84. The van der Waals surface area contributed by atoms with Crippen molar-refractivity contribution in [2.24, 2.45) is 0 Å². The van der Waals surface area contributed by atoms with E-state index >= 15 is 0 Å². The van der Waals surface area contributed by atoms with E-state index in [2.05, 4.69) is 86.7 Å². The third kappa shape index (κ3) is 9.04. The molecule has 0 aliphatic carbocycles. The van der Waals surface area contributed by atoms with Gasteiger partial charge in [-0.3, -0.25) is 0 Å². The molecule has 0 saturated heterocycles. The second kappa shape index (κ2) is 10.7. The number of aromatic nitrogens is 1. The first-order chi connectivity index (χ1) is 10.0. The standard InChI is InChI=1S/C19H26N2.2BrH/c1-21(2,3)17-7-14-20-15-12-19(13-16-20)11-10-18-8-5-4-6-9-18;;/h4-6,8-13,15-16H,7,14,17H2,1-3H3;2*1H/q+2;;/p-2. The monoisotopic (exact) mass is 440 g/mol. The normalized spacial score (nSPS) is 10.9. The van der Waals surface area contributed by atoms with Gasteiger partial charge in [-0.1, -0.05) is 42.5 Å². The zero-order chi connectivity index (χ0) is 15.1. The van der Waals surface area contributed by atoms with Crippen LogP contribution >= 0.6 is 0 Å². The summed E-state index contributed by atoms with van der Waals surface area (Å²) < 4.78 is 3.29. The van der Waals surface area contributed by atoms with Crippen LogP contribution in [0.15, 0.2) is 54.9 Å². The SMILES string of the molecule is C[N+](C)(C)CCC[n+]1ccc(C=Cc2ccccc2)cc1.[Br-].[Br-]. The molecule has 23 heavy (non-hydrogen) atoms. The third-order valence-corrected chi connectivity index (χ3v) is 3.43. The number of rotatable bonds is 6. The maximum absolute atomic E-state index is 2.26. The Morgan fingerprint density at radius 1 is 0.826 bits per heavy atom. The van der Waals surface area contributed by atoms with Crippen LogP contribution in [0.1, 0.15) is 17.5 Å². The number of aryl methyl sites for hydroxylation is 1. The highest BCUT2D eigenvalue weighted by Crippen LogP contribution is 2.06.